The Balaban J connectivity index is 2.24. The highest BCUT2D eigenvalue weighted by Gasteiger charge is 2.22. The average molecular weight is 286 g/mol. The summed E-state index contributed by atoms with van der Waals surface area (Å²) in [6.45, 7) is 0. The lowest BCUT2D eigenvalue weighted by molar-refractivity contribution is 0.595. The molecule has 1 aromatic rings. The van der Waals surface area contributed by atoms with E-state index in [1.54, 1.807) is 18.2 Å². The molecule has 0 spiro atoms. The van der Waals surface area contributed by atoms with Gasteiger partial charge in [0.15, 0.2) is 9.84 Å². The maximum Gasteiger partial charge on any atom is 0.176 e. The van der Waals surface area contributed by atoms with Crippen LogP contribution in [0, 0.1) is 5.92 Å². The van der Waals surface area contributed by atoms with Crippen LogP contribution in [0.2, 0.25) is 0 Å². The number of hydrogen-bond acceptors (Lipinski definition) is 3. The number of hydrogen-bond donors (Lipinski definition) is 0. The molecule has 0 heterocycles. The van der Waals surface area contributed by atoms with E-state index >= 15 is 0 Å². The van der Waals surface area contributed by atoms with Crippen molar-refractivity contribution in [1.29, 1.82) is 0 Å². The Labute approximate surface area is 111 Å². The van der Waals surface area contributed by atoms with Gasteiger partial charge in [-0.1, -0.05) is 25.0 Å². The van der Waals surface area contributed by atoms with Gasteiger partial charge in [0.1, 0.15) is 0 Å². The molecule has 1 fully saturated rings. The maximum atomic E-state index is 12.3. The van der Waals surface area contributed by atoms with Crippen molar-refractivity contribution >= 4 is 20.6 Å². The summed E-state index contributed by atoms with van der Waals surface area (Å²) in [6, 6.07) is 6.63. The lowest BCUT2D eigenvalue weighted by atomic mass is 10.1. The molecule has 0 N–H and O–H groups in total. The molecule has 1 saturated carbocycles. The second-order valence-electron chi connectivity index (χ2n) is 4.88. The summed E-state index contributed by atoms with van der Waals surface area (Å²) in [4.78, 5) is 0.674. The van der Waals surface area contributed by atoms with Gasteiger partial charge in [-0.25, -0.2) is 8.42 Å². The molecule has 1 aliphatic rings. The Hall–Kier alpha value is -0.680. The molecule has 0 radical (unpaired) electrons. The van der Waals surface area contributed by atoms with E-state index in [4.69, 9.17) is 0 Å². The summed E-state index contributed by atoms with van der Waals surface area (Å²) in [5.41, 5.74) is 0. The van der Waals surface area contributed by atoms with E-state index in [0.29, 0.717) is 16.6 Å². The lowest BCUT2D eigenvalue weighted by Gasteiger charge is -2.11. The summed E-state index contributed by atoms with van der Waals surface area (Å²) >= 11 is 0. The molecule has 0 amide bonds. The van der Waals surface area contributed by atoms with Gasteiger partial charge in [0.2, 0.25) is 0 Å². The first-order valence-electron chi connectivity index (χ1n) is 6.16. The topological polar surface area (TPSA) is 51.2 Å². The monoisotopic (exact) mass is 286 g/mol. The van der Waals surface area contributed by atoms with Gasteiger partial charge in [-0.2, -0.15) is 0 Å². The Bertz CT molecular complexity index is 543. The molecule has 3 nitrogen and oxygen atoms in total. The van der Waals surface area contributed by atoms with Crippen molar-refractivity contribution in [2.75, 3.05) is 12.0 Å². The largest absolute Gasteiger partial charge is 0.254 e. The Kier molecular flexibility index (Phi) is 4.22. The molecule has 1 atom stereocenters. The molecule has 0 unspecified atom stereocenters. The highest BCUT2D eigenvalue weighted by atomic mass is 32.2. The summed E-state index contributed by atoms with van der Waals surface area (Å²) in [5.74, 6) is 1.07. The van der Waals surface area contributed by atoms with Gasteiger partial charge < -0.3 is 0 Å². The van der Waals surface area contributed by atoms with Gasteiger partial charge in [0.05, 0.1) is 20.6 Å². The molecule has 2 rings (SSSR count). The Morgan fingerprint density at radius 1 is 1.22 bits per heavy atom. The fraction of sp³-hybridized carbons (Fsp3) is 0.538. The summed E-state index contributed by atoms with van der Waals surface area (Å²) in [6.07, 6.45) is 5.81. The minimum atomic E-state index is -3.31. The maximum absolute atomic E-state index is 12.3. The molecule has 1 aromatic carbocycles. The highest BCUT2D eigenvalue weighted by Crippen LogP contribution is 2.28. The van der Waals surface area contributed by atoms with Crippen LogP contribution >= 0.6 is 0 Å². The number of benzene rings is 1. The fourth-order valence-corrected chi connectivity index (χ4v) is 5.38. The standard InChI is InChI=1S/C13H18O3S2/c1-18(15,16)13-9-5-4-8-12(13)17(14)10-11-6-2-3-7-11/h4-5,8-9,11H,2-3,6-7,10H2,1H3/t17-/m0/s1. The van der Waals surface area contributed by atoms with E-state index in [9.17, 15) is 12.6 Å². The zero-order valence-corrected chi connectivity index (χ0v) is 12.1. The molecule has 0 bridgehead atoms. The van der Waals surface area contributed by atoms with Gasteiger partial charge in [0, 0.05) is 12.0 Å². The quantitative estimate of drug-likeness (QED) is 0.854. The highest BCUT2D eigenvalue weighted by molar-refractivity contribution is 7.92. The first kappa shape index (κ1) is 13.7. The van der Waals surface area contributed by atoms with Crippen LogP contribution in [0.5, 0.6) is 0 Å². The number of rotatable bonds is 4. The van der Waals surface area contributed by atoms with Gasteiger partial charge in [-0.15, -0.1) is 0 Å². The van der Waals surface area contributed by atoms with Crippen LogP contribution in [0.15, 0.2) is 34.1 Å². The zero-order chi connectivity index (χ0) is 13.2. The summed E-state index contributed by atoms with van der Waals surface area (Å²) in [5, 5.41) is 0. The van der Waals surface area contributed by atoms with Crippen LogP contribution < -0.4 is 0 Å². The fourth-order valence-electron chi connectivity index (χ4n) is 2.43. The van der Waals surface area contributed by atoms with Crippen LogP contribution in [-0.4, -0.2) is 24.6 Å². The molecular weight excluding hydrogens is 268 g/mol. The van der Waals surface area contributed by atoms with Crippen LogP contribution in [0.4, 0.5) is 0 Å². The number of sulfone groups is 1. The van der Waals surface area contributed by atoms with E-state index in [-0.39, 0.29) is 4.90 Å². The van der Waals surface area contributed by atoms with Crippen LogP contribution in [0.3, 0.4) is 0 Å². The van der Waals surface area contributed by atoms with Gasteiger partial charge >= 0.3 is 0 Å². The predicted octanol–water partition coefficient (Wildman–Crippen LogP) is 2.39. The third-order valence-corrected chi connectivity index (χ3v) is 6.26. The minimum Gasteiger partial charge on any atom is -0.254 e. The molecule has 0 aliphatic heterocycles. The normalized spacial score (nSPS) is 18.9. The Morgan fingerprint density at radius 3 is 2.44 bits per heavy atom. The molecule has 1 aliphatic carbocycles. The van der Waals surface area contributed by atoms with Crippen molar-refractivity contribution in [3.63, 3.8) is 0 Å². The van der Waals surface area contributed by atoms with E-state index in [0.717, 1.165) is 12.8 Å². The molecule has 100 valence electrons. The molecule has 0 saturated heterocycles. The van der Waals surface area contributed by atoms with E-state index < -0.39 is 20.6 Å². The minimum absolute atomic E-state index is 0.210. The molecular formula is C13H18O3S2. The lowest BCUT2D eigenvalue weighted by Crippen LogP contribution is -2.11. The first-order valence-corrected chi connectivity index (χ1v) is 9.37. The smallest absolute Gasteiger partial charge is 0.176 e. The second kappa shape index (κ2) is 5.53. The van der Waals surface area contributed by atoms with Crippen molar-refractivity contribution in [3.05, 3.63) is 24.3 Å². The van der Waals surface area contributed by atoms with Crippen molar-refractivity contribution < 1.29 is 12.6 Å². The SMILES string of the molecule is CS(=O)(=O)c1ccccc1[S@@](=O)CC1CCCC1. The molecule has 5 heteroatoms. The molecule has 0 aromatic heterocycles. The van der Waals surface area contributed by atoms with Crippen molar-refractivity contribution in [2.24, 2.45) is 5.92 Å². The Morgan fingerprint density at radius 2 is 1.83 bits per heavy atom. The van der Waals surface area contributed by atoms with Crippen molar-refractivity contribution in [3.8, 4) is 0 Å². The van der Waals surface area contributed by atoms with E-state index in [1.807, 2.05) is 0 Å². The van der Waals surface area contributed by atoms with E-state index in [2.05, 4.69) is 0 Å². The summed E-state index contributed by atoms with van der Waals surface area (Å²) < 4.78 is 35.6. The second-order valence-corrected chi connectivity index (χ2v) is 8.33. The van der Waals surface area contributed by atoms with Gasteiger partial charge in [0.25, 0.3) is 0 Å². The van der Waals surface area contributed by atoms with Crippen molar-refractivity contribution in [2.45, 2.75) is 35.5 Å². The van der Waals surface area contributed by atoms with Crippen LogP contribution in [-0.2, 0) is 20.6 Å². The van der Waals surface area contributed by atoms with Crippen LogP contribution in [0.25, 0.3) is 0 Å². The van der Waals surface area contributed by atoms with Crippen molar-refractivity contribution in [1.82, 2.24) is 0 Å². The average Bonchev–Trinajstić information content (AvgIpc) is 2.80. The van der Waals surface area contributed by atoms with Gasteiger partial charge in [-0.3, -0.25) is 4.21 Å². The summed E-state index contributed by atoms with van der Waals surface area (Å²) in [7, 11) is -4.52. The third-order valence-electron chi connectivity index (χ3n) is 3.36. The van der Waals surface area contributed by atoms with Crippen LogP contribution in [0.1, 0.15) is 25.7 Å². The molecule has 18 heavy (non-hydrogen) atoms. The van der Waals surface area contributed by atoms with Gasteiger partial charge in [-0.05, 0) is 30.9 Å². The van der Waals surface area contributed by atoms with E-state index in [1.165, 1.54) is 25.2 Å². The zero-order valence-electron chi connectivity index (χ0n) is 10.5. The predicted molar refractivity (Wildman–Crippen MR) is 72.8 cm³/mol. The third kappa shape index (κ3) is 3.20. The first-order chi connectivity index (χ1) is 8.48.